The van der Waals surface area contributed by atoms with Gasteiger partial charge in [-0.1, -0.05) is 23.2 Å². The van der Waals surface area contributed by atoms with Gasteiger partial charge in [0, 0.05) is 24.7 Å². The molecule has 7 heteroatoms. The topological polar surface area (TPSA) is 49.4 Å². The predicted octanol–water partition coefficient (Wildman–Crippen LogP) is 3.13. The summed E-state index contributed by atoms with van der Waals surface area (Å²) in [6, 6.07) is 3.08. The van der Waals surface area contributed by atoms with Gasteiger partial charge < -0.3 is 5.32 Å². The molecule has 1 aromatic rings. The number of sulfonamides is 1. The van der Waals surface area contributed by atoms with Gasteiger partial charge in [0.15, 0.2) is 0 Å². The molecular formula is C14H20Cl2N2O2S. The Balaban J connectivity index is 2.43. The van der Waals surface area contributed by atoms with Crippen molar-refractivity contribution in [2.24, 2.45) is 5.92 Å². The van der Waals surface area contributed by atoms with E-state index in [-0.39, 0.29) is 16.0 Å². The van der Waals surface area contributed by atoms with Gasteiger partial charge in [0.2, 0.25) is 10.0 Å². The number of benzene rings is 1. The van der Waals surface area contributed by atoms with Crippen molar-refractivity contribution in [2.75, 3.05) is 14.1 Å². The molecule has 0 bridgehead atoms. The number of halogens is 2. The van der Waals surface area contributed by atoms with Gasteiger partial charge in [0.25, 0.3) is 0 Å². The first-order valence-electron chi connectivity index (χ1n) is 6.89. The van der Waals surface area contributed by atoms with Gasteiger partial charge in [0.1, 0.15) is 4.90 Å². The van der Waals surface area contributed by atoms with Crippen LogP contribution in [0.2, 0.25) is 10.0 Å². The second-order valence-corrected chi connectivity index (χ2v) is 8.29. The van der Waals surface area contributed by atoms with Gasteiger partial charge in [-0.15, -0.1) is 0 Å². The molecule has 0 heterocycles. The molecule has 0 spiro atoms. The van der Waals surface area contributed by atoms with Gasteiger partial charge in [-0.2, -0.15) is 4.31 Å². The van der Waals surface area contributed by atoms with E-state index in [1.807, 2.05) is 6.92 Å². The Kier molecular flexibility index (Phi) is 5.21. The summed E-state index contributed by atoms with van der Waals surface area (Å²) < 4.78 is 27.0. The van der Waals surface area contributed by atoms with Gasteiger partial charge in [-0.3, -0.25) is 0 Å². The Morgan fingerprint density at radius 2 is 2.00 bits per heavy atom. The number of rotatable bonds is 6. The lowest BCUT2D eigenvalue weighted by atomic mass is 10.2. The third kappa shape index (κ3) is 3.54. The van der Waals surface area contributed by atoms with Gasteiger partial charge >= 0.3 is 0 Å². The van der Waals surface area contributed by atoms with Crippen LogP contribution in [0.1, 0.15) is 25.3 Å². The van der Waals surface area contributed by atoms with Crippen molar-refractivity contribution in [1.82, 2.24) is 9.62 Å². The fourth-order valence-electron chi connectivity index (χ4n) is 2.37. The minimum atomic E-state index is -3.65. The van der Waals surface area contributed by atoms with Crippen LogP contribution >= 0.6 is 23.2 Å². The molecular weight excluding hydrogens is 331 g/mol. The molecule has 4 nitrogen and oxygen atoms in total. The SMILES string of the molecule is CNCc1cc(Cl)cc(S(=O)(=O)N(C)C(C)C2CC2)c1Cl. The number of hydrogen-bond donors (Lipinski definition) is 1. The first-order chi connectivity index (χ1) is 9.78. The summed E-state index contributed by atoms with van der Waals surface area (Å²) in [6.07, 6.45) is 2.16. The summed E-state index contributed by atoms with van der Waals surface area (Å²) in [7, 11) is -0.273. The zero-order chi connectivity index (χ0) is 15.8. The lowest BCUT2D eigenvalue weighted by Gasteiger charge is -2.25. The quantitative estimate of drug-likeness (QED) is 0.857. The first-order valence-corrected chi connectivity index (χ1v) is 9.09. The predicted molar refractivity (Wildman–Crippen MR) is 86.4 cm³/mol. The number of hydrogen-bond acceptors (Lipinski definition) is 3. The summed E-state index contributed by atoms with van der Waals surface area (Å²) in [5.41, 5.74) is 0.678. The highest BCUT2D eigenvalue weighted by Gasteiger charge is 2.37. The van der Waals surface area contributed by atoms with Crippen molar-refractivity contribution in [2.45, 2.75) is 37.2 Å². The molecule has 1 fully saturated rings. The number of nitrogens with zero attached hydrogens (tertiary/aromatic N) is 1. The molecule has 0 radical (unpaired) electrons. The largest absolute Gasteiger partial charge is 0.316 e. The highest BCUT2D eigenvalue weighted by molar-refractivity contribution is 7.89. The maximum Gasteiger partial charge on any atom is 0.244 e. The van der Waals surface area contributed by atoms with Crippen LogP contribution in [0.25, 0.3) is 0 Å². The molecule has 1 aliphatic carbocycles. The van der Waals surface area contributed by atoms with E-state index in [0.29, 0.717) is 23.0 Å². The molecule has 0 aromatic heterocycles. The molecule has 1 unspecified atom stereocenters. The van der Waals surface area contributed by atoms with E-state index in [9.17, 15) is 8.42 Å². The van der Waals surface area contributed by atoms with Crippen molar-refractivity contribution in [1.29, 1.82) is 0 Å². The van der Waals surface area contributed by atoms with Crippen molar-refractivity contribution in [3.8, 4) is 0 Å². The second kappa shape index (κ2) is 6.42. The number of nitrogens with one attached hydrogen (secondary N) is 1. The molecule has 1 N–H and O–H groups in total. The van der Waals surface area contributed by atoms with Crippen molar-refractivity contribution in [3.05, 3.63) is 27.7 Å². The molecule has 1 saturated carbocycles. The van der Waals surface area contributed by atoms with Crippen molar-refractivity contribution < 1.29 is 8.42 Å². The van der Waals surface area contributed by atoms with Crippen molar-refractivity contribution in [3.63, 3.8) is 0 Å². The van der Waals surface area contributed by atoms with Crippen LogP contribution in [-0.2, 0) is 16.6 Å². The van der Waals surface area contributed by atoms with Crippen LogP contribution in [-0.4, -0.2) is 32.9 Å². The summed E-state index contributed by atoms with van der Waals surface area (Å²) >= 11 is 12.3. The zero-order valence-corrected chi connectivity index (χ0v) is 14.7. The van der Waals surface area contributed by atoms with E-state index in [1.54, 1.807) is 20.2 Å². The van der Waals surface area contributed by atoms with Crippen LogP contribution in [0.15, 0.2) is 17.0 Å². The maximum absolute atomic E-state index is 12.8. The monoisotopic (exact) mass is 350 g/mol. The molecule has 1 aromatic carbocycles. The van der Waals surface area contributed by atoms with E-state index in [1.165, 1.54) is 10.4 Å². The van der Waals surface area contributed by atoms with Crippen LogP contribution in [0, 0.1) is 5.92 Å². The third-order valence-electron chi connectivity index (χ3n) is 3.98. The Morgan fingerprint density at radius 1 is 1.38 bits per heavy atom. The fourth-order valence-corrected chi connectivity index (χ4v) is 4.70. The molecule has 0 aliphatic heterocycles. The van der Waals surface area contributed by atoms with Crippen molar-refractivity contribution >= 4 is 33.2 Å². The van der Waals surface area contributed by atoms with E-state index in [2.05, 4.69) is 5.32 Å². The Labute approximate surface area is 136 Å². The van der Waals surface area contributed by atoms with E-state index < -0.39 is 10.0 Å². The van der Waals surface area contributed by atoms with Crippen LogP contribution in [0.3, 0.4) is 0 Å². The first kappa shape index (κ1) is 17.0. The van der Waals surface area contributed by atoms with Crippen LogP contribution in [0.5, 0.6) is 0 Å². The third-order valence-corrected chi connectivity index (χ3v) is 6.73. The molecule has 2 rings (SSSR count). The van der Waals surface area contributed by atoms with E-state index >= 15 is 0 Å². The minimum absolute atomic E-state index is 0.0298. The minimum Gasteiger partial charge on any atom is -0.316 e. The Hall–Kier alpha value is -0.330. The highest BCUT2D eigenvalue weighted by atomic mass is 35.5. The summed E-state index contributed by atoms with van der Waals surface area (Å²) in [5, 5.41) is 3.57. The molecule has 0 saturated heterocycles. The van der Waals surface area contributed by atoms with E-state index in [0.717, 1.165) is 12.8 Å². The molecule has 1 aliphatic rings. The normalized spacial score (nSPS) is 17.2. The lowest BCUT2D eigenvalue weighted by molar-refractivity contribution is 0.357. The zero-order valence-electron chi connectivity index (χ0n) is 12.4. The van der Waals surface area contributed by atoms with Crippen LogP contribution in [0.4, 0.5) is 0 Å². The van der Waals surface area contributed by atoms with Gasteiger partial charge in [-0.05, 0) is 50.4 Å². The molecule has 118 valence electrons. The standard InChI is InChI=1S/C14H20Cl2N2O2S/c1-9(10-4-5-10)18(3)21(19,20)13-7-12(15)6-11(8-17-2)14(13)16/h6-7,9-10,17H,4-5,8H2,1-3H3. The fraction of sp³-hybridized carbons (Fsp3) is 0.571. The average Bonchev–Trinajstić information content (AvgIpc) is 3.25. The smallest absolute Gasteiger partial charge is 0.244 e. The maximum atomic E-state index is 12.8. The van der Waals surface area contributed by atoms with Gasteiger partial charge in [-0.25, -0.2) is 8.42 Å². The average molecular weight is 351 g/mol. The highest BCUT2D eigenvalue weighted by Crippen LogP contribution is 2.38. The van der Waals surface area contributed by atoms with Gasteiger partial charge in [0.05, 0.1) is 5.02 Å². The lowest BCUT2D eigenvalue weighted by Crippen LogP contribution is -2.36. The molecule has 0 amide bonds. The summed E-state index contributed by atoms with van der Waals surface area (Å²) in [4.78, 5) is 0.0805. The molecule has 21 heavy (non-hydrogen) atoms. The summed E-state index contributed by atoms with van der Waals surface area (Å²) in [5.74, 6) is 0.444. The van der Waals surface area contributed by atoms with E-state index in [4.69, 9.17) is 23.2 Å². The summed E-state index contributed by atoms with van der Waals surface area (Å²) in [6.45, 7) is 2.39. The Bertz CT molecular complexity index is 630. The second-order valence-electron chi connectivity index (χ2n) is 5.51. The van der Waals surface area contributed by atoms with Crippen LogP contribution < -0.4 is 5.32 Å². The Morgan fingerprint density at radius 3 is 2.52 bits per heavy atom. The molecule has 1 atom stereocenters.